The number of benzene rings is 1. The fraction of sp³-hybridized carbons (Fsp3) is 0.333. The number of anilines is 1. The fourth-order valence-electron chi connectivity index (χ4n) is 2.14. The molecule has 9 heteroatoms. The van der Waals surface area contributed by atoms with Gasteiger partial charge in [0.25, 0.3) is 5.91 Å². The third-order valence-corrected chi connectivity index (χ3v) is 4.36. The molecule has 0 spiro atoms. The smallest absolute Gasteiger partial charge is 0.286 e. The average Bonchev–Trinajstić information content (AvgIpc) is 3.12. The van der Waals surface area contributed by atoms with Crippen LogP contribution in [-0.4, -0.2) is 45.4 Å². The number of sulfone groups is 1. The van der Waals surface area contributed by atoms with E-state index < -0.39 is 9.84 Å². The molecule has 0 fully saturated rings. The molecule has 27 heavy (non-hydrogen) atoms. The summed E-state index contributed by atoms with van der Waals surface area (Å²) in [5.74, 6) is 0.108. The number of amides is 2. The van der Waals surface area contributed by atoms with Crippen LogP contribution < -0.4 is 15.4 Å². The van der Waals surface area contributed by atoms with Crippen LogP contribution in [0.3, 0.4) is 0 Å². The first-order valence-corrected chi connectivity index (χ1v) is 10.4. The molecule has 8 nitrogen and oxygen atoms in total. The summed E-state index contributed by atoms with van der Waals surface area (Å²) in [5.41, 5.74) is 0.552. The molecule has 0 unspecified atom stereocenters. The average molecular weight is 394 g/mol. The minimum atomic E-state index is -3.09. The van der Waals surface area contributed by atoms with Gasteiger partial charge in [-0.15, -0.1) is 0 Å². The molecule has 0 saturated heterocycles. The van der Waals surface area contributed by atoms with Crippen LogP contribution in [0.1, 0.15) is 23.4 Å². The summed E-state index contributed by atoms with van der Waals surface area (Å²) < 4.78 is 32.6. The molecule has 2 aromatic rings. The molecule has 0 saturated carbocycles. The summed E-state index contributed by atoms with van der Waals surface area (Å²) in [5, 5.41) is 5.40. The number of furan rings is 1. The molecule has 0 radical (unpaired) electrons. The molecule has 0 aliphatic heterocycles. The van der Waals surface area contributed by atoms with E-state index in [4.69, 9.17) is 9.15 Å². The lowest BCUT2D eigenvalue weighted by Crippen LogP contribution is -2.25. The fourth-order valence-corrected chi connectivity index (χ4v) is 2.53. The largest absolute Gasteiger partial charge is 0.492 e. The van der Waals surface area contributed by atoms with Crippen molar-refractivity contribution < 1.29 is 27.2 Å². The first-order valence-electron chi connectivity index (χ1n) is 8.35. The predicted octanol–water partition coefficient (Wildman–Crippen LogP) is 1.85. The van der Waals surface area contributed by atoms with Gasteiger partial charge in [0.1, 0.15) is 12.4 Å². The van der Waals surface area contributed by atoms with Gasteiger partial charge in [0.2, 0.25) is 5.91 Å². The first-order chi connectivity index (χ1) is 12.8. The Hall–Kier alpha value is -2.81. The summed E-state index contributed by atoms with van der Waals surface area (Å²) in [6.45, 7) is 0.396. The molecule has 0 aliphatic carbocycles. The van der Waals surface area contributed by atoms with Crippen molar-refractivity contribution in [2.75, 3.05) is 30.5 Å². The third kappa shape index (κ3) is 7.95. The number of ether oxygens (including phenoxy) is 1. The highest BCUT2D eigenvalue weighted by Crippen LogP contribution is 2.17. The van der Waals surface area contributed by atoms with Crippen molar-refractivity contribution in [3.8, 4) is 5.75 Å². The molecular formula is C18H22N2O6S. The Morgan fingerprint density at radius 1 is 1.19 bits per heavy atom. The Morgan fingerprint density at radius 2 is 2.00 bits per heavy atom. The number of carbonyl (C=O) groups excluding carboxylic acids is 2. The van der Waals surface area contributed by atoms with E-state index in [9.17, 15) is 18.0 Å². The van der Waals surface area contributed by atoms with E-state index in [1.165, 1.54) is 6.26 Å². The van der Waals surface area contributed by atoms with E-state index in [0.29, 0.717) is 24.4 Å². The molecular weight excluding hydrogens is 372 g/mol. The van der Waals surface area contributed by atoms with Gasteiger partial charge in [0.15, 0.2) is 15.6 Å². The van der Waals surface area contributed by atoms with Crippen LogP contribution in [0.4, 0.5) is 5.69 Å². The van der Waals surface area contributed by atoms with Crippen LogP contribution in [0.2, 0.25) is 0 Å². The second-order valence-electron chi connectivity index (χ2n) is 5.89. The van der Waals surface area contributed by atoms with Gasteiger partial charge < -0.3 is 19.8 Å². The van der Waals surface area contributed by atoms with Gasteiger partial charge in [-0.1, -0.05) is 6.07 Å². The van der Waals surface area contributed by atoms with E-state index in [2.05, 4.69) is 10.6 Å². The Morgan fingerprint density at radius 3 is 2.70 bits per heavy atom. The van der Waals surface area contributed by atoms with E-state index >= 15 is 0 Å². The molecule has 2 rings (SSSR count). The van der Waals surface area contributed by atoms with Gasteiger partial charge in [-0.05, 0) is 30.7 Å². The van der Waals surface area contributed by atoms with E-state index in [-0.39, 0.29) is 36.4 Å². The molecule has 0 aliphatic rings. The lowest BCUT2D eigenvalue weighted by molar-refractivity contribution is -0.116. The Kier molecular flexibility index (Phi) is 7.42. The lowest BCUT2D eigenvalue weighted by Gasteiger charge is -2.09. The number of hydrogen-bond acceptors (Lipinski definition) is 6. The van der Waals surface area contributed by atoms with Gasteiger partial charge >= 0.3 is 0 Å². The maximum absolute atomic E-state index is 12.0. The van der Waals surface area contributed by atoms with Crippen molar-refractivity contribution >= 4 is 27.3 Å². The Balaban J connectivity index is 1.70. The zero-order valence-electron chi connectivity index (χ0n) is 14.9. The summed E-state index contributed by atoms with van der Waals surface area (Å²) in [6, 6.07) is 9.91. The van der Waals surface area contributed by atoms with Crippen LogP contribution in [0, 0.1) is 0 Å². The van der Waals surface area contributed by atoms with Gasteiger partial charge in [0.05, 0.1) is 12.0 Å². The van der Waals surface area contributed by atoms with Crippen molar-refractivity contribution in [1.82, 2.24) is 5.32 Å². The van der Waals surface area contributed by atoms with Crippen molar-refractivity contribution in [1.29, 1.82) is 0 Å². The van der Waals surface area contributed by atoms with Crippen molar-refractivity contribution in [3.63, 3.8) is 0 Å². The van der Waals surface area contributed by atoms with Crippen LogP contribution in [-0.2, 0) is 14.6 Å². The lowest BCUT2D eigenvalue weighted by atomic mass is 10.2. The van der Waals surface area contributed by atoms with Crippen LogP contribution >= 0.6 is 0 Å². The summed E-state index contributed by atoms with van der Waals surface area (Å²) in [4.78, 5) is 23.7. The first kappa shape index (κ1) is 20.5. The van der Waals surface area contributed by atoms with Gasteiger partial charge in [0, 0.05) is 31.0 Å². The monoisotopic (exact) mass is 394 g/mol. The third-order valence-electron chi connectivity index (χ3n) is 3.45. The highest BCUT2D eigenvalue weighted by atomic mass is 32.2. The predicted molar refractivity (Wildman–Crippen MR) is 101 cm³/mol. The number of nitrogens with one attached hydrogen (secondary N) is 2. The molecule has 2 amide bonds. The quantitative estimate of drug-likeness (QED) is 0.595. The number of hydrogen-bond donors (Lipinski definition) is 2. The zero-order valence-corrected chi connectivity index (χ0v) is 15.8. The van der Waals surface area contributed by atoms with Crippen molar-refractivity contribution in [2.45, 2.75) is 12.8 Å². The number of carbonyl (C=O) groups is 2. The molecule has 0 atom stereocenters. The Labute approximate surface area is 157 Å². The summed E-state index contributed by atoms with van der Waals surface area (Å²) in [7, 11) is -3.09. The van der Waals surface area contributed by atoms with Gasteiger partial charge in [-0.2, -0.15) is 0 Å². The number of rotatable bonds is 10. The highest BCUT2D eigenvalue weighted by molar-refractivity contribution is 7.90. The SMILES string of the molecule is CS(=O)(=O)CCOc1cccc(NC(=O)CCCNC(=O)c2ccco2)c1. The second-order valence-corrected chi connectivity index (χ2v) is 8.15. The molecule has 1 aromatic carbocycles. The van der Waals surface area contributed by atoms with Crippen LogP contribution in [0.15, 0.2) is 47.1 Å². The molecule has 146 valence electrons. The van der Waals surface area contributed by atoms with Crippen molar-refractivity contribution in [3.05, 3.63) is 48.4 Å². The van der Waals surface area contributed by atoms with Gasteiger partial charge in [-0.3, -0.25) is 9.59 Å². The minimum Gasteiger partial charge on any atom is -0.492 e. The van der Waals surface area contributed by atoms with Crippen LogP contribution in [0.5, 0.6) is 5.75 Å². The van der Waals surface area contributed by atoms with Crippen molar-refractivity contribution in [2.24, 2.45) is 0 Å². The zero-order chi connectivity index (χ0) is 19.7. The molecule has 1 heterocycles. The normalized spacial score (nSPS) is 11.0. The second kappa shape index (κ2) is 9.77. The highest BCUT2D eigenvalue weighted by Gasteiger charge is 2.08. The van der Waals surface area contributed by atoms with Gasteiger partial charge in [-0.25, -0.2) is 8.42 Å². The van der Waals surface area contributed by atoms with E-state index in [1.807, 2.05) is 0 Å². The Bertz CT molecular complexity index is 862. The molecule has 2 N–H and O–H groups in total. The van der Waals surface area contributed by atoms with E-state index in [1.54, 1.807) is 36.4 Å². The molecule has 1 aromatic heterocycles. The standard InChI is InChI=1S/C18H22N2O6S/c1-27(23,24)12-11-25-15-6-2-5-14(13-15)20-17(21)8-3-9-19-18(22)16-7-4-10-26-16/h2,4-7,10,13H,3,8-9,11-12H2,1H3,(H,19,22)(H,20,21). The van der Waals surface area contributed by atoms with Crippen LogP contribution in [0.25, 0.3) is 0 Å². The summed E-state index contributed by atoms with van der Waals surface area (Å²) >= 11 is 0. The minimum absolute atomic E-state index is 0.0472. The molecule has 0 bridgehead atoms. The topological polar surface area (TPSA) is 115 Å². The van der Waals surface area contributed by atoms with E-state index in [0.717, 1.165) is 6.26 Å². The summed E-state index contributed by atoms with van der Waals surface area (Å²) in [6.07, 6.45) is 3.27. The maximum Gasteiger partial charge on any atom is 0.286 e. The maximum atomic E-state index is 12.0.